The van der Waals surface area contributed by atoms with Crippen LogP contribution in [0.3, 0.4) is 0 Å². The van der Waals surface area contributed by atoms with E-state index in [-0.39, 0.29) is 6.42 Å². The number of rotatable bonds is 12. The molecule has 6 nitrogen and oxygen atoms in total. The number of aryl methyl sites for hydroxylation is 2. The van der Waals surface area contributed by atoms with Gasteiger partial charge in [-0.2, -0.15) is 0 Å². The predicted octanol–water partition coefficient (Wildman–Crippen LogP) is 2.58. The Morgan fingerprint density at radius 1 is 1.28 bits per heavy atom. The van der Waals surface area contributed by atoms with Gasteiger partial charge in [0.15, 0.2) is 0 Å². The minimum atomic E-state index is -0.723. The largest absolute Gasteiger partial charge is 0.481 e. The van der Waals surface area contributed by atoms with Crippen LogP contribution in [0.4, 0.5) is 5.82 Å². The molecule has 0 aliphatic carbocycles. The molecule has 0 spiro atoms. The smallest absolute Gasteiger partial charge is 0.303 e. The molecule has 1 aliphatic heterocycles. The van der Waals surface area contributed by atoms with Crippen LogP contribution < -0.4 is 5.32 Å². The lowest BCUT2D eigenvalue weighted by atomic mass is 10.1. The van der Waals surface area contributed by atoms with E-state index in [2.05, 4.69) is 22.3 Å². The molecule has 1 aromatic rings. The lowest BCUT2D eigenvalue weighted by molar-refractivity contribution is -0.137. The van der Waals surface area contributed by atoms with Gasteiger partial charge in [-0.3, -0.25) is 4.79 Å². The molecule has 0 amide bonds. The number of carboxylic acid groups (broad SMARTS) is 1. The molecule has 2 rings (SSSR count). The first-order valence-corrected chi connectivity index (χ1v) is 9.35. The van der Waals surface area contributed by atoms with E-state index in [0.717, 1.165) is 63.4 Å². The third-order valence-electron chi connectivity index (χ3n) is 4.59. The van der Waals surface area contributed by atoms with Crippen molar-refractivity contribution < 1.29 is 14.6 Å². The van der Waals surface area contributed by atoms with Crippen molar-refractivity contribution in [3.63, 3.8) is 0 Å². The highest BCUT2D eigenvalue weighted by molar-refractivity contribution is 5.66. The summed E-state index contributed by atoms with van der Waals surface area (Å²) < 4.78 is 5.15. The highest BCUT2D eigenvalue weighted by Gasteiger charge is 2.10. The number of methoxy groups -OCH3 is 1. The number of pyridine rings is 1. The summed E-state index contributed by atoms with van der Waals surface area (Å²) in [6, 6.07) is 4.36. The minimum Gasteiger partial charge on any atom is -0.481 e. The van der Waals surface area contributed by atoms with Crippen molar-refractivity contribution in [3.8, 4) is 0 Å². The fourth-order valence-electron chi connectivity index (χ4n) is 3.16. The fraction of sp³-hybridized carbons (Fsp3) is 0.684. The van der Waals surface area contributed by atoms with Gasteiger partial charge in [0.2, 0.25) is 0 Å². The van der Waals surface area contributed by atoms with Crippen LogP contribution in [0.2, 0.25) is 0 Å². The van der Waals surface area contributed by atoms with Gasteiger partial charge in [-0.05, 0) is 63.2 Å². The molecule has 0 bridgehead atoms. The number of anilines is 1. The maximum atomic E-state index is 10.7. The molecule has 0 unspecified atom stereocenters. The predicted molar refractivity (Wildman–Crippen MR) is 99.2 cm³/mol. The molecule has 1 aromatic heterocycles. The van der Waals surface area contributed by atoms with Gasteiger partial charge in [0.05, 0.1) is 6.61 Å². The Morgan fingerprint density at radius 2 is 2.12 bits per heavy atom. The summed E-state index contributed by atoms with van der Waals surface area (Å²) >= 11 is 0. The summed E-state index contributed by atoms with van der Waals surface area (Å²) in [5.41, 5.74) is 2.49. The number of nitrogens with one attached hydrogen (secondary N) is 1. The van der Waals surface area contributed by atoms with Crippen LogP contribution in [-0.2, 0) is 22.4 Å². The van der Waals surface area contributed by atoms with E-state index in [1.807, 2.05) is 0 Å². The third-order valence-corrected chi connectivity index (χ3v) is 4.59. The summed E-state index contributed by atoms with van der Waals surface area (Å²) in [5.74, 6) is 0.345. The first-order chi connectivity index (χ1) is 12.2. The molecule has 0 atom stereocenters. The summed E-state index contributed by atoms with van der Waals surface area (Å²) in [6.07, 6.45) is 6.40. The lowest BCUT2D eigenvalue weighted by Gasteiger charge is -2.21. The molecule has 0 saturated heterocycles. The van der Waals surface area contributed by atoms with Crippen LogP contribution in [0.25, 0.3) is 0 Å². The summed E-state index contributed by atoms with van der Waals surface area (Å²) in [6.45, 7) is 4.36. The topological polar surface area (TPSA) is 74.7 Å². The number of carbonyl (C=O) groups is 1. The molecule has 0 aromatic carbocycles. The van der Waals surface area contributed by atoms with Gasteiger partial charge in [-0.25, -0.2) is 4.98 Å². The molecule has 140 valence electrons. The SMILES string of the molecule is COCCN(CCCCc1ccc2c(n1)NCCC2)CCCC(=O)O. The third kappa shape index (κ3) is 7.40. The highest BCUT2D eigenvalue weighted by atomic mass is 16.5. The number of hydrogen-bond acceptors (Lipinski definition) is 5. The number of fused-ring (bicyclic) bond motifs is 1. The molecule has 2 heterocycles. The van der Waals surface area contributed by atoms with E-state index < -0.39 is 5.97 Å². The van der Waals surface area contributed by atoms with Gasteiger partial charge in [0, 0.05) is 32.3 Å². The van der Waals surface area contributed by atoms with E-state index in [1.54, 1.807) is 7.11 Å². The zero-order valence-corrected chi connectivity index (χ0v) is 15.3. The van der Waals surface area contributed by atoms with Crippen molar-refractivity contribution in [2.75, 3.05) is 45.2 Å². The van der Waals surface area contributed by atoms with Crippen LogP contribution in [0.5, 0.6) is 0 Å². The van der Waals surface area contributed by atoms with Crippen LogP contribution >= 0.6 is 0 Å². The zero-order valence-electron chi connectivity index (χ0n) is 15.3. The number of aromatic nitrogens is 1. The van der Waals surface area contributed by atoms with Gasteiger partial charge < -0.3 is 20.1 Å². The van der Waals surface area contributed by atoms with Gasteiger partial charge >= 0.3 is 5.97 Å². The number of nitrogens with zero attached hydrogens (tertiary/aromatic N) is 2. The number of carboxylic acids is 1. The lowest BCUT2D eigenvalue weighted by Crippen LogP contribution is -2.30. The molecule has 6 heteroatoms. The second-order valence-corrected chi connectivity index (χ2v) is 6.63. The molecule has 0 saturated carbocycles. The molecule has 0 radical (unpaired) electrons. The summed E-state index contributed by atoms with van der Waals surface area (Å²) in [4.78, 5) is 17.7. The Bertz CT molecular complexity index is 537. The van der Waals surface area contributed by atoms with Crippen molar-refractivity contribution in [1.82, 2.24) is 9.88 Å². The van der Waals surface area contributed by atoms with Crippen molar-refractivity contribution >= 4 is 11.8 Å². The number of hydrogen-bond donors (Lipinski definition) is 2. The molecule has 1 aliphatic rings. The first kappa shape index (κ1) is 19.7. The Morgan fingerprint density at radius 3 is 2.92 bits per heavy atom. The Kier molecular flexibility index (Phi) is 8.69. The quantitative estimate of drug-likeness (QED) is 0.565. The van der Waals surface area contributed by atoms with Crippen molar-refractivity contribution in [3.05, 3.63) is 23.4 Å². The van der Waals surface area contributed by atoms with E-state index in [0.29, 0.717) is 13.0 Å². The van der Waals surface area contributed by atoms with Crippen LogP contribution in [0.15, 0.2) is 12.1 Å². The fourth-order valence-corrected chi connectivity index (χ4v) is 3.16. The maximum Gasteiger partial charge on any atom is 0.303 e. The summed E-state index contributed by atoms with van der Waals surface area (Å²) in [5, 5.41) is 12.2. The molecule has 0 fully saturated rings. The van der Waals surface area contributed by atoms with Crippen LogP contribution in [-0.4, -0.2) is 60.9 Å². The van der Waals surface area contributed by atoms with Gasteiger partial charge in [0.1, 0.15) is 5.82 Å². The zero-order chi connectivity index (χ0) is 17.9. The number of unbranched alkanes of at least 4 members (excludes halogenated alkanes) is 1. The maximum absolute atomic E-state index is 10.7. The number of ether oxygens (including phenoxy) is 1. The van der Waals surface area contributed by atoms with Crippen molar-refractivity contribution in [1.29, 1.82) is 0 Å². The van der Waals surface area contributed by atoms with Gasteiger partial charge in [-0.15, -0.1) is 0 Å². The van der Waals surface area contributed by atoms with E-state index >= 15 is 0 Å². The highest BCUT2D eigenvalue weighted by Crippen LogP contribution is 2.20. The summed E-state index contributed by atoms with van der Waals surface area (Å²) in [7, 11) is 1.70. The van der Waals surface area contributed by atoms with E-state index in [4.69, 9.17) is 14.8 Å². The normalized spacial score (nSPS) is 13.5. The number of aliphatic carboxylic acids is 1. The average Bonchev–Trinajstić information content (AvgIpc) is 2.62. The molecular weight excluding hydrogens is 318 g/mol. The van der Waals surface area contributed by atoms with Crippen molar-refractivity contribution in [2.24, 2.45) is 0 Å². The Labute approximate surface area is 150 Å². The second-order valence-electron chi connectivity index (χ2n) is 6.63. The molecular formula is C19H31N3O3. The van der Waals surface area contributed by atoms with Crippen LogP contribution in [0, 0.1) is 0 Å². The standard InChI is InChI=1S/C19H31N3O3/c1-25-15-14-22(13-5-8-18(23)24)12-3-2-7-17-10-9-16-6-4-11-20-19(16)21-17/h9-10H,2-8,11-15H2,1H3,(H,20,21)(H,23,24). The van der Waals surface area contributed by atoms with Crippen molar-refractivity contribution in [2.45, 2.75) is 44.9 Å². The minimum absolute atomic E-state index is 0.232. The Balaban J connectivity index is 1.70. The molecule has 25 heavy (non-hydrogen) atoms. The van der Waals surface area contributed by atoms with Gasteiger partial charge in [-0.1, -0.05) is 6.07 Å². The molecule has 2 N–H and O–H groups in total. The average molecular weight is 349 g/mol. The second kappa shape index (κ2) is 11.1. The Hall–Kier alpha value is -1.66. The van der Waals surface area contributed by atoms with Crippen LogP contribution in [0.1, 0.15) is 43.4 Å². The first-order valence-electron chi connectivity index (χ1n) is 9.35. The monoisotopic (exact) mass is 349 g/mol. The van der Waals surface area contributed by atoms with E-state index in [9.17, 15) is 4.79 Å². The van der Waals surface area contributed by atoms with E-state index in [1.165, 1.54) is 12.0 Å². The van der Waals surface area contributed by atoms with Gasteiger partial charge in [0.25, 0.3) is 0 Å².